The molecule has 1 aliphatic heterocycles. The van der Waals surface area contributed by atoms with Gasteiger partial charge in [0.05, 0.1) is 31.0 Å². The Bertz CT molecular complexity index is 1550. The van der Waals surface area contributed by atoms with Crippen molar-refractivity contribution in [2.75, 3.05) is 25.9 Å². The van der Waals surface area contributed by atoms with E-state index < -0.39 is 61.1 Å². The Kier molecular flexibility index (Phi) is 6.49. The molecule has 3 aromatic rings. The molecule has 16 heteroatoms. The number of alkyl halides is 4. The zero-order valence-corrected chi connectivity index (χ0v) is 20.8. The Morgan fingerprint density at radius 1 is 1.27 bits per heavy atom. The number of hydrogen-bond donors (Lipinski definition) is 3. The number of amides is 2. The molecule has 0 aromatic carbocycles. The molecular weight excluding hydrogens is 540 g/mol. The van der Waals surface area contributed by atoms with Crippen LogP contribution in [0, 0.1) is 17.2 Å². The van der Waals surface area contributed by atoms with Crippen molar-refractivity contribution in [3.63, 3.8) is 0 Å². The topological polar surface area (TPSA) is 172 Å². The van der Waals surface area contributed by atoms with Crippen molar-refractivity contribution in [1.29, 1.82) is 5.26 Å². The number of nitrogen functional groups attached to an aromatic ring is 1. The minimum Gasteiger partial charge on any atom is -0.480 e. The van der Waals surface area contributed by atoms with Crippen molar-refractivity contribution < 1.29 is 37.0 Å². The number of halogens is 4. The van der Waals surface area contributed by atoms with E-state index >= 15 is 0 Å². The largest absolute Gasteiger partial charge is 0.480 e. The van der Waals surface area contributed by atoms with Crippen LogP contribution in [0.1, 0.15) is 28.8 Å². The lowest BCUT2D eigenvalue weighted by Crippen LogP contribution is -2.58. The molecule has 2 aliphatic rings. The fourth-order valence-electron chi connectivity index (χ4n) is 5.03. The minimum atomic E-state index is -4.86. The van der Waals surface area contributed by atoms with Gasteiger partial charge in [-0.1, -0.05) is 0 Å². The number of carbonyl (C=O) groups is 2. The average Bonchev–Trinajstić information content (AvgIpc) is 3.46. The maximum absolute atomic E-state index is 14.8. The van der Waals surface area contributed by atoms with E-state index in [4.69, 9.17) is 10.5 Å². The summed E-state index contributed by atoms with van der Waals surface area (Å²) in [6, 6.07) is 3.72. The molecule has 0 bridgehead atoms. The van der Waals surface area contributed by atoms with E-state index in [2.05, 4.69) is 20.4 Å². The van der Waals surface area contributed by atoms with Gasteiger partial charge >= 0.3 is 6.18 Å². The van der Waals surface area contributed by atoms with Gasteiger partial charge in [0.2, 0.25) is 11.8 Å². The molecule has 210 valence electrons. The zero-order valence-electron chi connectivity index (χ0n) is 20.8. The number of pyridine rings is 1. The second-order valence-electron chi connectivity index (χ2n) is 9.72. The Labute approximate surface area is 223 Å². The van der Waals surface area contributed by atoms with Gasteiger partial charge in [0.25, 0.3) is 5.91 Å². The number of nitrogens with zero attached hydrogens (tertiary/aromatic N) is 6. The lowest BCUT2D eigenvalue weighted by Gasteiger charge is -2.44. The fourth-order valence-corrected chi connectivity index (χ4v) is 5.03. The molecule has 5 rings (SSSR count). The first-order chi connectivity index (χ1) is 18.9. The number of hydrogen-bond acceptors (Lipinski definition) is 9. The third-order valence-electron chi connectivity index (χ3n) is 7.21. The van der Waals surface area contributed by atoms with Gasteiger partial charge in [-0.25, -0.2) is 18.9 Å². The van der Waals surface area contributed by atoms with Crippen LogP contribution >= 0.6 is 0 Å². The molecular formula is C24H22F4N8O4. The Balaban J connectivity index is 1.35. The van der Waals surface area contributed by atoms with E-state index in [0.29, 0.717) is 11.1 Å². The number of carbonyl (C=O) groups excluding carboxylic acids is 2. The van der Waals surface area contributed by atoms with Crippen LogP contribution in [0.4, 0.5) is 23.4 Å². The van der Waals surface area contributed by atoms with E-state index in [1.54, 1.807) is 0 Å². The average molecular weight is 562 g/mol. The number of nitrogens with two attached hydrogens (primary N) is 1. The number of ether oxygens (including phenoxy) is 1. The van der Waals surface area contributed by atoms with Gasteiger partial charge in [0, 0.05) is 24.2 Å². The molecule has 2 fully saturated rings. The van der Waals surface area contributed by atoms with Gasteiger partial charge in [0.15, 0.2) is 11.4 Å². The van der Waals surface area contributed by atoms with Crippen LogP contribution in [0.2, 0.25) is 0 Å². The van der Waals surface area contributed by atoms with Crippen molar-refractivity contribution >= 4 is 23.1 Å². The Morgan fingerprint density at radius 3 is 2.65 bits per heavy atom. The third kappa shape index (κ3) is 4.41. The summed E-state index contributed by atoms with van der Waals surface area (Å²) in [6.45, 7) is -0.705. The normalized spacial score (nSPS) is 24.4. The fraction of sp³-hybridized carbons (Fsp3) is 0.417. The second-order valence-corrected chi connectivity index (χ2v) is 9.72. The molecule has 1 aliphatic carbocycles. The second kappa shape index (κ2) is 9.59. The van der Waals surface area contributed by atoms with E-state index in [9.17, 15) is 37.5 Å². The van der Waals surface area contributed by atoms with E-state index in [1.165, 1.54) is 36.3 Å². The highest BCUT2D eigenvalue weighted by atomic mass is 19.4. The van der Waals surface area contributed by atoms with Crippen LogP contribution < -0.4 is 15.8 Å². The van der Waals surface area contributed by atoms with Gasteiger partial charge in [-0.3, -0.25) is 9.59 Å². The van der Waals surface area contributed by atoms with E-state index in [0.717, 1.165) is 4.90 Å². The smallest absolute Gasteiger partial charge is 0.417 e. The van der Waals surface area contributed by atoms with Crippen molar-refractivity contribution in [3.8, 4) is 23.2 Å². The first kappa shape index (κ1) is 27.1. The molecule has 4 heterocycles. The van der Waals surface area contributed by atoms with Gasteiger partial charge < -0.3 is 25.8 Å². The molecule has 2 amide bonds. The monoisotopic (exact) mass is 562 g/mol. The molecule has 0 spiro atoms. The molecule has 1 saturated carbocycles. The first-order valence-electron chi connectivity index (χ1n) is 12.0. The van der Waals surface area contributed by atoms with Crippen LogP contribution in [0.25, 0.3) is 16.8 Å². The summed E-state index contributed by atoms with van der Waals surface area (Å²) in [5.41, 5.74) is 3.95. The molecule has 0 radical (unpaired) electrons. The first-order valence-corrected chi connectivity index (χ1v) is 12.0. The minimum absolute atomic E-state index is 0.1000. The van der Waals surface area contributed by atoms with Crippen molar-refractivity contribution in [2.45, 2.75) is 36.8 Å². The summed E-state index contributed by atoms with van der Waals surface area (Å²) in [7, 11) is 1.27. The number of methoxy groups -OCH3 is 1. The molecule has 2 unspecified atom stereocenters. The SMILES string of the molecule is COc1ncc(-c2c(C#N)cc3c(N)ncnn23)cc1C(=O)NC1CN(C(=O)C2CC(O)(C(F)(F)F)C2)CC1F. The zero-order chi connectivity index (χ0) is 29.0. The van der Waals surface area contributed by atoms with E-state index in [1.807, 2.05) is 6.07 Å². The van der Waals surface area contributed by atoms with Gasteiger partial charge in [-0.2, -0.15) is 23.5 Å². The van der Waals surface area contributed by atoms with Crippen LogP contribution in [0.15, 0.2) is 24.7 Å². The van der Waals surface area contributed by atoms with Gasteiger partial charge in [-0.05, 0) is 25.0 Å². The van der Waals surface area contributed by atoms with Crippen molar-refractivity contribution in [2.24, 2.45) is 5.92 Å². The predicted molar refractivity (Wildman–Crippen MR) is 128 cm³/mol. The van der Waals surface area contributed by atoms with Crippen LogP contribution in [-0.2, 0) is 4.79 Å². The third-order valence-corrected chi connectivity index (χ3v) is 7.21. The summed E-state index contributed by atoms with van der Waals surface area (Å²) < 4.78 is 60.2. The summed E-state index contributed by atoms with van der Waals surface area (Å²) in [5.74, 6) is -2.59. The van der Waals surface area contributed by atoms with Crippen molar-refractivity contribution in [1.82, 2.24) is 29.8 Å². The highest BCUT2D eigenvalue weighted by Crippen LogP contribution is 2.49. The molecule has 2 atom stereocenters. The molecule has 40 heavy (non-hydrogen) atoms. The maximum Gasteiger partial charge on any atom is 0.417 e. The summed E-state index contributed by atoms with van der Waals surface area (Å²) in [5, 5.41) is 25.9. The molecule has 4 N–H and O–H groups in total. The lowest BCUT2D eigenvalue weighted by molar-refractivity contribution is -0.296. The number of rotatable bonds is 5. The Hall–Kier alpha value is -4.52. The highest BCUT2D eigenvalue weighted by molar-refractivity contribution is 5.98. The summed E-state index contributed by atoms with van der Waals surface area (Å²) in [4.78, 5) is 34.9. The standard InChI is InChI=1S/C24H22F4N8O4/c1-40-21-14(2-12(7-31-21)18-11(6-29)3-17-19(30)32-10-33-36(17)18)20(37)34-16-9-35(8-15(16)25)22(38)13-4-23(39,5-13)24(26,27)28/h2-3,7,10,13,15-16,39H,4-5,8-9H2,1H3,(H,34,37)(H2,30,32,33). The maximum atomic E-state index is 14.8. The number of aliphatic hydroxyl groups is 1. The van der Waals surface area contributed by atoms with Gasteiger partial charge in [-0.15, -0.1) is 0 Å². The number of nitrogens with one attached hydrogen (secondary N) is 1. The number of nitriles is 1. The highest BCUT2D eigenvalue weighted by Gasteiger charge is 2.63. The molecule has 3 aromatic heterocycles. The summed E-state index contributed by atoms with van der Waals surface area (Å²) in [6.07, 6.45) is -5.62. The van der Waals surface area contributed by atoms with Crippen LogP contribution in [0.3, 0.4) is 0 Å². The number of aromatic nitrogens is 4. The van der Waals surface area contributed by atoms with Crippen LogP contribution in [0.5, 0.6) is 5.88 Å². The predicted octanol–water partition coefficient (Wildman–Crippen LogP) is 1.24. The molecule has 1 saturated heterocycles. The summed E-state index contributed by atoms with van der Waals surface area (Å²) >= 11 is 0. The van der Waals surface area contributed by atoms with Gasteiger partial charge in [0.1, 0.15) is 29.6 Å². The lowest BCUT2D eigenvalue weighted by atomic mass is 9.70. The number of anilines is 1. The quantitative estimate of drug-likeness (QED) is 0.387. The number of likely N-dealkylation sites (tertiary alicyclic amines) is 1. The van der Waals surface area contributed by atoms with Crippen LogP contribution in [-0.4, -0.2) is 85.6 Å². The Morgan fingerprint density at radius 2 is 2.00 bits per heavy atom. The van der Waals surface area contributed by atoms with Crippen molar-refractivity contribution in [3.05, 3.63) is 35.8 Å². The number of fused-ring (bicyclic) bond motifs is 1. The van der Waals surface area contributed by atoms with E-state index in [-0.39, 0.29) is 35.1 Å². The molecule has 12 nitrogen and oxygen atoms in total.